The van der Waals surface area contributed by atoms with Gasteiger partial charge in [-0.05, 0) is 128 Å². The summed E-state index contributed by atoms with van der Waals surface area (Å²) in [5.41, 5.74) is 1.98. The Morgan fingerprint density at radius 3 is 2.25 bits per heavy atom. The molecule has 1 amide bonds. The van der Waals surface area contributed by atoms with E-state index in [-0.39, 0.29) is 46.0 Å². The zero-order valence-electron chi connectivity index (χ0n) is 28.1. The SMILES string of the molecule is C=C(C)[C@@H]1CC[C@]2(C(=O)N[C@@H](Cc3ccccc3)C(=O)O)CC[C@]3(C)[C@H](CC[C@@H]4[C@@]5(C)CC[C@H](O)C(C)(C)[C@@H]5CC[C@]43C)[C@@H]12. The van der Waals surface area contributed by atoms with Crippen molar-refractivity contribution in [2.45, 2.75) is 124 Å². The number of amides is 1. The lowest BCUT2D eigenvalue weighted by molar-refractivity contribution is -0.246. The van der Waals surface area contributed by atoms with Crippen molar-refractivity contribution < 1.29 is 19.8 Å². The van der Waals surface area contributed by atoms with Gasteiger partial charge in [-0.1, -0.05) is 77.1 Å². The molecule has 242 valence electrons. The number of nitrogens with one attached hydrogen (secondary N) is 1. The molecule has 5 aliphatic rings. The average molecular weight is 604 g/mol. The number of aliphatic carboxylic acids is 1. The second-order valence-corrected chi connectivity index (χ2v) is 17.3. The molecule has 5 nitrogen and oxygen atoms in total. The lowest BCUT2D eigenvalue weighted by Gasteiger charge is -2.72. The van der Waals surface area contributed by atoms with E-state index in [4.69, 9.17) is 0 Å². The van der Waals surface area contributed by atoms with E-state index in [1.807, 2.05) is 30.3 Å². The van der Waals surface area contributed by atoms with E-state index in [0.717, 1.165) is 56.9 Å². The smallest absolute Gasteiger partial charge is 0.326 e. The highest BCUT2D eigenvalue weighted by Gasteiger charge is 2.72. The quantitative estimate of drug-likeness (QED) is 0.290. The number of aliphatic hydroxyl groups excluding tert-OH is 1. The number of carbonyl (C=O) groups excluding carboxylic acids is 1. The van der Waals surface area contributed by atoms with E-state index in [0.29, 0.717) is 23.7 Å². The van der Waals surface area contributed by atoms with E-state index in [1.165, 1.54) is 18.4 Å². The average Bonchev–Trinajstić information content (AvgIpc) is 3.37. The third-order valence-electron chi connectivity index (χ3n) is 15.4. The van der Waals surface area contributed by atoms with Gasteiger partial charge in [0.2, 0.25) is 5.91 Å². The van der Waals surface area contributed by atoms with E-state index >= 15 is 0 Å². The largest absolute Gasteiger partial charge is 0.480 e. The minimum absolute atomic E-state index is 0.0393. The number of hydrogen-bond acceptors (Lipinski definition) is 3. The molecule has 3 N–H and O–H groups in total. The Hall–Kier alpha value is -2.14. The van der Waals surface area contributed by atoms with Crippen LogP contribution >= 0.6 is 0 Å². The molecule has 5 saturated carbocycles. The molecule has 0 heterocycles. The summed E-state index contributed by atoms with van der Waals surface area (Å²) >= 11 is 0. The van der Waals surface area contributed by atoms with Crippen LogP contribution in [0.4, 0.5) is 0 Å². The summed E-state index contributed by atoms with van der Waals surface area (Å²) in [7, 11) is 0. The Morgan fingerprint density at radius 2 is 1.59 bits per heavy atom. The van der Waals surface area contributed by atoms with Crippen molar-refractivity contribution in [2.24, 2.45) is 56.7 Å². The summed E-state index contributed by atoms with van der Waals surface area (Å²) in [6.45, 7) is 19.0. The Morgan fingerprint density at radius 1 is 0.886 bits per heavy atom. The van der Waals surface area contributed by atoms with E-state index in [9.17, 15) is 19.8 Å². The lowest BCUT2D eigenvalue weighted by Crippen LogP contribution is -2.67. The molecule has 1 aromatic carbocycles. The predicted octanol–water partition coefficient (Wildman–Crippen LogP) is 7.82. The van der Waals surface area contributed by atoms with Crippen molar-refractivity contribution >= 4 is 11.9 Å². The fourth-order valence-corrected chi connectivity index (χ4v) is 12.9. The number of benzene rings is 1. The number of carboxylic acids is 1. The Kier molecular flexibility index (Phi) is 7.75. The fraction of sp³-hybridized carbons (Fsp3) is 0.744. The molecule has 1 aromatic rings. The van der Waals surface area contributed by atoms with Crippen LogP contribution in [0.3, 0.4) is 0 Å². The molecular formula is C39H57NO4. The summed E-state index contributed by atoms with van der Waals surface area (Å²) in [6, 6.07) is 8.70. The number of aliphatic hydroxyl groups is 1. The second kappa shape index (κ2) is 10.7. The van der Waals surface area contributed by atoms with Gasteiger partial charge in [-0.2, -0.15) is 0 Å². The first-order chi connectivity index (χ1) is 20.6. The molecule has 44 heavy (non-hydrogen) atoms. The highest BCUT2D eigenvalue weighted by molar-refractivity contribution is 5.88. The van der Waals surface area contributed by atoms with Crippen molar-refractivity contribution in [2.75, 3.05) is 0 Å². The topological polar surface area (TPSA) is 86.6 Å². The summed E-state index contributed by atoms with van der Waals surface area (Å²) in [4.78, 5) is 27.0. The van der Waals surface area contributed by atoms with Gasteiger partial charge >= 0.3 is 5.97 Å². The predicted molar refractivity (Wildman–Crippen MR) is 175 cm³/mol. The first-order valence-electron chi connectivity index (χ1n) is 17.5. The van der Waals surface area contributed by atoms with Crippen molar-refractivity contribution in [3.63, 3.8) is 0 Å². The maximum atomic E-state index is 14.5. The van der Waals surface area contributed by atoms with Gasteiger partial charge in [-0.15, -0.1) is 0 Å². The van der Waals surface area contributed by atoms with Gasteiger partial charge in [0.15, 0.2) is 0 Å². The first kappa shape index (κ1) is 31.8. The molecule has 5 fully saturated rings. The van der Waals surface area contributed by atoms with Crippen molar-refractivity contribution in [1.29, 1.82) is 0 Å². The number of rotatable bonds is 6. The first-order valence-corrected chi connectivity index (χ1v) is 17.5. The molecule has 6 rings (SSSR count). The maximum Gasteiger partial charge on any atom is 0.326 e. The van der Waals surface area contributed by atoms with Gasteiger partial charge in [0.1, 0.15) is 6.04 Å². The zero-order valence-corrected chi connectivity index (χ0v) is 28.1. The van der Waals surface area contributed by atoms with Crippen LogP contribution in [0.2, 0.25) is 0 Å². The van der Waals surface area contributed by atoms with Gasteiger partial charge in [0.25, 0.3) is 0 Å². The van der Waals surface area contributed by atoms with Gasteiger partial charge in [0, 0.05) is 6.42 Å². The van der Waals surface area contributed by atoms with Crippen molar-refractivity contribution in [1.82, 2.24) is 5.32 Å². The van der Waals surface area contributed by atoms with Crippen molar-refractivity contribution in [3.8, 4) is 0 Å². The van der Waals surface area contributed by atoms with Gasteiger partial charge in [-0.25, -0.2) is 4.79 Å². The molecule has 0 bridgehead atoms. The molecular weight excluding hydrogens is 546 g/mol. The fourth-order valence-electron chi connectivity index (χ4n) is 12.9. The third kappa shape index (κ3) is 4.41. The van der Waals surface area contributed by atoms with E-state index < -0.39 is 17.4 Å². The van der Waals surface area contributed by atoms with Gasteiger partial charge in [-0.3, -0.25) is 4.79 Å². The summed E-state index contributed by atoms with van der Waals surface area (Å²) in [5.74, 6) is 1.02. The molecule has 0 spiro atoms. The number of hydrogen-bond donors (Lipinski definition) is 3. The molecule has 11 atom stereocenters. The minimum atomic E-state index is -0.969. The number of carboxylic acid groups (broad SMARTS) is 1. The molecule has 0 radical (unpaired) electrons. The number of allylic oxidation sites excluding steroid dienone is 1. The summed E-state index contributed by atoms with van der Waals surface area (Å²) in [6.07, 6.45) is 10.3. The molecule has 0 unspecified atom stereocenters. The summed E-state index contributed by atoms with van der Waals surface area (Å²) < 4.78 is 0. The van der Waals surface area contributed by atoms with Crippen LogP contribution in [0, 0.1) is 56.7 Å². The maximum absolute atomic E-state index is 14.5. The Balaban J connectivity index is 1.33. The number of fused-ring (bicyclic) bond motifs is 7. The lowest BCUT2D eigenvalue weighted by atomic mass is 9.32. The van der Waals surface area contributed by atoms with Crippen molar-refractivity contribution in [3.05, 3.63) is 48.0 Å². The molecule has 0 aliphatic heterocycles. The van der Waals surface area contributed by atoms with Crippen LogP contribution in [0.25, 0.3) is 0 Å². The molecule has 0 aromatic heterocycles. The van der Waals surface area contributed by atoms with E-state index in [2.05, 4.69) is 53.4 Å². The van der Waals surface area contributed by atoms with Crippen LogP contribution in [0.1, 0.15) is 111 Å². The molecule has 5 heteroatoms. The summed E-state index contributed by atoms with van der Waals surface area (Å²) in [5, 5.41) is 24.3. The zero-order chi connectivity index (χ0) is 31.9. The van der Waals surface area contributed by atoms with Gasteiger partial charge in [0.05, 0.1) is 11.5 Å². The Bertz CT molecular complexity index is 1310. The van der Waals surface area contributed by atoms with Gasteiger partial charge < -0.3 is 15.5 Å². The Labute approximate surface area is 265 Å². The van der Waals surface area contributed by atoms with Crippen LogP contribution < -0.4 is 5.32 Å². The second-order valence-electron chi connectivity index (χ2n) is 17.3. The van der Waals surface area contributed by atoms with Crippen LogP contribution in [-0.2, 0) is 16.0 Å². The minimum Gasteiger partial charge on any atom is -0.480 e. The third-order valence-corrected chi connectivity index (χ3v) is 15.4. The molecule has 5 aliphatic carbocycles. The normalized spacial score (nSPS) is 44.7. The van der Waals surface area contributed by atoms with E-state index in [1.54, 1.807) is 0 Å². The number of carbonyl (C=O) groups is 2. The van der Waals surface area contributed by atoms with Crippen LogP contribution in [0.15, 0.2) is 42.5 Å². The highest BCUT2D eigenvalue weighted by Crippen LogP contribution is 2.77. The highest BCUT2D eigenvalue weighted by atomic mass is 16.4. The van der Waals surface area contributed by atoms with Crippen LogP contribution in [-0.4, -0.2) is 34.2 Å². The molecule has 0 saturated heterocycles. The standard InChI is InChI=1S/C39H57NO4/c1-24(2)26-15-20-39(34(44)40-28(33(42)43)23-25-11-9-8-10-12-25)22-21-37(6)27(32(26)39)13-14-30-36(5)18-17-31(41)35(3,4)29(36)16-19-38(30,37)7/h8-12,26-32,41H,1,13-23H2,2-7H3,(H,40,44)(H,42,43)/t26-,27+,28-,29-,30+,31-,32+,36-,37+,38+,39-/m0/s1. The monoisotopic (exact) mass is 603 g/mol. The van der Waals surface area contributed by atoms with Crippen LogP contribution in [0.5, 0.6) is 0 Å².